The number of anilines is 1. The lowest BCUT2D eigenvalue weighted by Gasteiger charge is -2.17. The number of carbonyl (C=O) groups excluding carboxylic acids is 1. The molecule has 0 radical (unpaired) electrons. The minimum atomic E-state index is -3.39. The molecule has 0 aliphatic rings. The zero-order valence-electron chi connectivity index (χ0n) is 26.1. The molecule has 0 saturated carbocycles. The van der Waals surface area contributed by atoms with Gasteiger partial charge in [-0.05, 0) is 98.8 Å². The summed E-state index contributed by atoms with van der Waals surface area (Å²) in [6.45, 7) is 6.01. The van der Waals surface area contributed by atoms with Crippen molar-refractivity contribution in [2.24, 2.45) is 0 Å². The summed E-state index contributed by atoms with van der Waals surface area (Å²) < 4.78 is 31.5. The molecule has 0 aliphatic carbocycles. The molecule has 0 bridgehead atoms. The van der Waals surface area contributed by atoms with Gasteiger partial charge in [-0.3, -0.25) is 9.52 Å². The van der Waals surface area contributed by atoms with Crippen molar-refractivity contribution < 1.29 is 17.9 Å². The molecular weight excluding hydrogens is 582 g/mol. The highest BCUT2D eigenvalue weighted by molar-refractivity contribution is 7.92. The van der Waals surface area contributed by atoms with Crippen molar-refractivity contribution in [2.75, 3.05) is 24.1 Å². The lowest BCUT2D eigenvalue weighted by atomic mass is 9.94. The topological polar surface area (TPSA) is 100 Å². The fraction of sp³-hybridized carbons (Fsp3) is 0.270. The standard InChI is InChI=1S/C37H41N3O4S/c1-26-22-27(2)24-30(23-26)36-34(33-12-7-8-14-35(33)39-36)19-21-38-20-9-13-32(37(41)44-25-28-10-5-4-6-11-28)29-15-17-31(18-16-29)40-45(3,42)43/h4-8,10-12,14-18,22-24,32,38-40H,9,13,19-21,25H2,1-3H3. The van der Waals surface area contributed by atoms with Gasteiger partial charge >= 0.3 is 5.97 Å². The van der Waals surface area contributed by atoms with Gasteiger partial charge in [-0.1, -0.05) is 77.9 Å². The predicted octanol–water partition coefficient (Wildman–Crippen LogP) is 7.26. The van der Waals surface area contributed by atoms with Crippen molar-refractivity contribution in [3.05, 3.63) is 125 Å². The Kier molecular flexibility index (Phi) is 10.4. The van der Waals surface area contributed by atoms with Crippen LogP contribution in [-0.4, -0.2) is 38.7 Å². The lowest BCUT2D eigenvalue weighted by molar-refractivity contribution is -0.147. The highest BCUT2D eigenvalue weighted by Gasteiger charge is 2.22. The minimum Gasteiger partial charge on any atom is -0.460 e. The maximum Gasteiger partial charge on any atom is 0.313 e. The third-order valence-electron chi connectivity index (χ3n) is 7.85. The molecule has 45 heavy (non-hydrogen) atoms. The highest BCUT2D eigenvalue weighted by atomic mass is 32.2. The van der Waals surface area contributed by atoms with Gasteiger partial charge in [0.2, 0.25) is 10.0 Å². The van der Waals surface area contributed by atoms with E-state index in [2.05, 4.69) is 71.3 Å². The SMILES string of the molecule is Cc1cc(C)cc(-c2[nH]c3ccccc3c2CCNCCCC(C(=O)OCc2ccccc2)c2ccc(NS(C)(=O)=O)cc2)c1. The van der Waals surface area contributed by atoms with Gasteiger partial charge in [0.15, 0.2) is 0 Å². The van der Waals surface area contributed by atoms with Crippen LogP contribution in [0.2, 0.25) is 0 Å². The minimum absolute atomic E-state index is 0.204. The van der Waals surface area contributed by atoms with Crippen molar-refractivity contribution in [2.45, 2.75) is 45.6 Å². The molecule has 1 heterocycles. The molecule has 0 spiro atoms. The Bertz CT molecular complexity index is 1830. The Morgan fingerprint density at radius 1 is 0.867 bits per heavy atom. The average molecular weight is 624 g/mol. The maximum absolute atomic E-state index is 13.3. The summed E-state index contributed by atoms with van der Waals surface area (Å²) in [7, 11) is -3.39. The summed E-state index contributed by atoms with van der Waals surface area (Å²) in [6, 6.07) is 31.7. The van der Waals surface area contributed by atoms with E-state index in [0.29, 0.717) is 12.1 Å². The van der Waals surface area contributed by atoms with E-state index in [-0.39, 0.29) is 12.6 Å². The van der Waals surface area contributed by atoms with E-state index < -0.39 is 15.9 Å². The van der Waals surface area contributed by atoms with Crippen LogP contribution in [-0.2, 0) is 32.6 Å². The Balaban J connectivity index is 1.22. The molecule has 0 saturated heterocycles. The zero-order chi connectivity index (χ0) is 31.8. The molecule has 0 aliphatic heterocycles. The van der Waals surface area contributed by atoms with Crippen LogP contribution in [0.1, 0.15) is 46.6 Å². The summed E-state index contributed by atoms with van der Waals surface area (Å²) in [6.07, 6.45) is 3.34. The van der Waals surface area contributed by atoms with Gasteiger partial charge in [0.25, 0.3) is 0 Å². The second-order valence-corrected chi connectivity index (χ2v) is 13.4. The van der Waals surface area contributed by atoms with Crippen LogP contribution in [0.4, 0.5) is 5.69 Å². The molecule has 1 aromatic heterocycles. The normalized spacial score (nSPS) is 12.2. The smallest absolute Gasteiger partial charge is 0.313 e. The van der Waals surface area contributed by atoms with E-state index in [1.54, 1.807) is 24.3 Å². The molecule has 0 fully saturated rings. The number of benzene rings is 4. The lowest BCUT2D eigenvalue weighted by Crippen LogP contribution is -2.21. The monoisotopic (exact) mass is 623 g/mol. The van der Waals surface area contributed by atoms with Crippen LogP contribution >= 0.6 is 0 Å². The molecule has 8 heteroatoms. The number of fused-ring (bicyclic) bond motifs is 1. The number of carbonyl (C=O) groups is 1. The molecule has 3 N–H and O–H groups in total. The van der Waals surface area contributed by atoms with Crippen LogP contribution in [0.3, 0.4) is 0 Å². The number of aryl methyl sites for hydroxylation is 2. The van der Waals surface area contributed by atoms with Crippen LogP contribution in [0, 0.1) is 13.8 Å². The molecule has 234 valence electrons. The van der Waals surface area contributed by atoms with Gasteiger partial charge < -0.3 is 15.0 Å². The first-order valence-electron chi connectivity index (χ1n) is 15.3. The molecule has 7 nitrogen and oxygen atoms in total. The largest absolute Gasteiger partial charge is 0.460 e. The second-order valence-electron chi connectivity index (χ2n) is 11.7. The summed E-state index contributed by atoms with van der Waals surface area (Å²) >= 11 is 0. The van der Waals surface area contributed by atoms with Crippen LogP contribution in [0.25, 0.3) is 22.2 Å². The number of para-hydroxylation sites is 1. The quantitative estimate of drug-likeness (QED) is 0.0893. The van der Waals surface area contributed by atoms with Crippen LogP contribution < -0.4 is 10.0 Å². The first kappa shape index (κ1) is 32.0. The van der Waals surface area contributed by atoms with Crippen LogP contribution in [0.15, 0.2) is 97.1 Å². The number of hydrogen-bond acceptors (Lipinski definition) is 5. The number of nitrogens with one attached hydrogen (secondary N) is 3. The summed E-state index contributed by atoms with van der Waals surface area (Å²) in [5, 5.41) is 4.82. The molecular formula is C37H41N3O4S. The van der Waals surface area contributed by atoms with E-state index >= 15 is 0 Å². The fourth-order valence-corrected chi connectivity index (χ4v) is 6.41. The first-order valence-corrected chi connectivity index (χ1v) is 17.2. The molecule has 5 rings (SSSR count). The van der Waals surface area contributed by atoms with Crippen molar-refractivity contribution >= 4 is 32.6 Å². The molecule has 5 aromatic rings. The van der Waals surface area contributed by atoms with Crippen molar-refractivity contribution in [1.29, 1.82) is 0 Å². The third kappa shape index (κ3) is 8.84. The fourth-order valence-electron chi connectivity index (χ4n) is 5.84. The highest BCUT2D eigenvalue weighted by Crippen LogP contribution is 2.32. The first-order chi connectivity index (χ1) is 21.7. The summed E-state index contributed by atoms with van der Waals surface area (Å²) in [5.41, 5.74) is 9.46. The number of ether oxygens (including phenoxy) is 1. The van der Waals surface area contributed by atoms with Crippen molar-refractivity contribution in [3.8, 4) is 11.3 Å². The van der Waals surface area contributed by atoms with E-state index in [9.17, 15) is 13.2 Å². The van der Waals surface area contributed by atoms with Crippen molar-refractivity contribution in [3.63, 3.8) is 0 Å². The molecule has 0 amide bonds. The number of aromatic amines is 1. The second kappa shape index (κ2) is 14.6. The molecule has 1 unspecified atom stereocenters. The Morgan fingerprint density at radius 3 is 2.27 bits per heavy atom. The van der Waals surface area contributed by atoms with E-state index in [4.69, 9.17) is 4.74 Å². The predicted molar refractivity (Wildman–Crippen MR) is 183 cm³/mol. The number of hydrogen-bond donors (Lipinski definition) is 3. The van der Waals surface area contributed by atoms with Gasteiger partial charge in [-0.25, -0.2) is 8.42 Å². The van der Waals surface area contributed by atoms with Gasteiger partial charge in [0.05, 0.1) is 12.2 Å². The van der Waals surface area contributed by atoms with E-state index in [1.165, 1.54) is 33.3 Å². The van der Waals surface area contributed by atoms with Gasteiger partial charge in [0.1, 0.15) is 6.61 Å². The van der Waals surface area contributed by atoms with Gasteiger partial charge in [-0.15, -0.1) is 0 Å². The number of esters is 1. The summed E-state index contributed by atoms with van der Waals surface area (Å²) in [4.78, 5) is 16.9. The summed E-state index contributed by atoms with van der Waals surface area (Å²) in [5.74, 6) is -0.757. The van der Waals surface area contributed by atoms with E-state index in [1.807, 2.05) is 30.3 Å². The maximum atomic E-state index is 13.3. The number of sulfonamides is 1. The van der Waals surface area contributed by atoms with Crippen molar-refractivity contribution in [1.82, 2.24) is 10.3 Å². The Hall–Kier alpha value is -4.40. The van der Waals surface area contributed by atoms with Gasteiger partial charge in [-0.2, -0.15) is 0 Å². The van der Waals surface area contributed by atoms with E-state index in [0.717, 1.165) is 48.8 Å². The molecule has 1 atom stereocenters. The Morgan fingerprint density at radius 2 is 1.56 bits per heavy atom. The number of aromatic nitrogens is 1. The van der Waals surface area contributed by atoms with Gasteiger partial charge in [0, 0.05) is 22.3 Å². The Labute approximate surface area is 266 Å². The number of H-pyrrole nitrogens is 1. The van der Waals surface area contributed by atoms with Crippen LogP contribution in [0.5, 0.6) is 0 Å². The third-order valence-corrected chi connectivity index (χ3v) is 8.45. The zero-order valence-corrected chi connectivity index (χ0v) is 26.9. The molecule has 4 aromatic carbocycles. The average Bonchev–Trinajstić information content (AvgIpc) is 3.38. The number of rotatable bonds is 14.